The largest absolute Gasteiger partial charge is 0.187 e. The summed E-state index contributed by atoms with van der Waals surface area (Å²) < 4.78 is 0. The molecule has 0 aromatic heterocycles. The fraction of sp³-hybridized carbons (Fsp3) is 0. The molecule has 20 valence electrons. The third kappa shape index (κ3) is 8.86. The van der Waals surface area contributed by atoms with Gasteiger partial charge < -0.3 is 0 Å². The van der Waals surface area contributed by atoms with E-state index in [1.54, 1.807) is 0 Å². The van der Waals surface area contributed by atoms with Crippen LogP contribution in [0.25, 0.3) is 0 Å². The molecule has 0 N–H and O–H groups in total. The van der Waals surface area contributed by atoms with Crippen molar-refractivity contribution in [2.24, 2.45) is 0 Å². The first-order valence-corrected chi connectivity index (χ1v) is 0. The van der Waals surface area contributed by atoms with Gasteiger partial charge in [-0.2, -0.15) is 0 Å². The van der Waals surface area contributed by atoms with E-state index in [1.165, 1.54) is 0 Å². The van der Waals surface area contributed by atoms with Crippen molar-refractivity contribution in [1.29, 1.82) is 0 Å². The molecule has 0 aromatic carbocycles. The zero-order valence-corrected chi connectivity index (χ0v) is 7.74. The van der Waals surface area contributed by atoms with Crippen LogP contribution in [0.2, 0.25) is 0 Å². The Balaban J connectivity index is 0. The van der Waals surface area contributed by atoms with Crippen molar-refractivity contribution in [3.8, 4) is 0 Å². The molecule has 0 aliphatic rings. The van der Waals surface area contributed by atoms with Crippen molar-refractivity contribution < 1.29 is 72.5 Å². The van der Waals surface area contributed by atoms with Crippen molar-refractivity contribution in [1.82, 2.24) is 0 Å². The van der Waals surface area contributed by atoms with Crippen LogP contribution in [-0.4, -0.2) is 17.4 Å². The normalized spacial score (nSPS) is 0. The molecule has 0 fully saturated rings. The second kappa shape index (κ2) is 16.8. The summed E-state index contributed by atoms with van der Waals surface area (Å²) in [6.45, 7) is 0. The Morgan fingerprint density at radius 3 is 1.00 bits per heavy atom. The molecule has 0 unspecified atom stereocenters. The van der Waals surface area contributed by atoms with Crippen LogP contribution in [0.5, 0.6) is 0 Å². The van der Waals surface area contributed by atoms with E-state index in [-0.39, 0.29) is 89.8 Å². The smallest absolute Gasteiger partial charge is 0 e. The van der Waals surface area contributed by atoms with Gasteiger partial charge in [0.1, 0.15) is 0 Å². The van der Waals surface area contributed by atoms with Crippen LogP contribution in [-0.2, 0) is 72.5 Å². The molecule has 0 atom stereocenters. The summed E-state index contributed by atoms with van der Waals surface area (Å²) in [6, 6.07) is 0. The van der Waals surface area contributed by atoms with Crippen LogP contribution in [0.3, 0.4) is 0 Å². The van der Waals surface area contributed by atoms with Gasteiger partial charge in [0.25, 0.3) is 0 Å². The van der Waals surface area contributed by atoms with Gasteiger partial charge in [-0.25, -0.2) is 0 Å². The summed E-state index contributed by atoms with van der Waals surface area (Å²) in [5.41, 5.74) is 0. The van der Waals surface area contributed by atoms with Crippen molar-refractivity contribution in [2.75, 3.05) is 0 Å². The predicted molar refractivity (Wildman–Crippen MR) is 9.94 cm³/mol. The van der Waals surface area contributed by atoms with Gasteiger partial charge in [0.2, 0.25) is 0 Å². The summed E-state index contributed by atoms with van der Waals surface area (Å²) in [5.74, 6) is 0. The summed E-state index contributed by atoms with van der Waals surface area (Å²) in [5, 5.41) is 0. The first-order chi connectivity index (χ1) is 0. The monoisotopic (exact) mass is 264 g/mol. The first kappa shape index (κ1) is 28.5. The third-order valence-corrected chi connectivity index (χ3v) is 0. The maximum absolute atomic E-state index is 0. The summed E-state index contributed by atoms with van der Waals surface area (Å²) >= 11 is 0. The van der Waals surface area contributed by atoms with Crippen LogP contribution in [0.1, 0.15) is 0 Å². The fourth-order valence-electron chi connectivity index (χ4n) is 0. The number of hydrogen-bond acceptors (Lipinski definition) is 0. The molecule has 0 saturated heterocycles. The maximum Gasteiger partial charge on any atom is 0.187 e. The molecule has 0 heterocycles. The van der Waals surface area contributed by atoms with Gasteiger partial charge in [0.05, 0.1) is 0 Å². The van der Waals surface area contributed by atoms with Gasteiger partial charge in [-0.15, -0.1) is 0 Å². The molecule has 0 spiro atoms. The van der Waals surface area contributed by atoms with E-state index in [0.717, 1.165) is 0 Å². The Morgan fingerprint density at radius 2 is 1.00 bits per heavy atom. The van der Waals surface area contributed by atoms with Gasteiger partial charge in [-0.1, -0.05) is 0 Å². The van der Waals surface area contributed by atoms with Gasteiger partial charge in [0.15, 0.2) is 17.4 Å². The zero-order chi connectivity index (χ0) is 0. The van der Waals surface area contributed by atoms with Gasteiger partial charge in [-0.05, 0) is 0 Å². The minimum absolute atomic E-state index is 0. The molecule has 0 aromatic rings. The predicted octanol–water partition coefficient (Wildman–Crippen LogP) is -1.19. The minimum Gasteiger partial charge on any atom is 0 e. The maximum atomic E-state index is 0. The van der Waals surface area contributed by atoms with Crippen LogP contribution < -0.4 is 0 Å². The second-order valence-corrected chi connectivity index (χ2v) is 0. The molecule has 0 bridgehead atoms. The van der Waals surface area contributed by atoms with E-state index < -0.39 is 0 Å². The Bertz CT molecular complexity index is 8.00. The van der Waals surface area contributed by atoms with Crippen molar-refractivity contribution in [3.63, 3.8) is 0 Å². The molecular weight excluding hydrogens is 261 g/mol. The minimum atomic E-state index is 0. The Kier molecular flexibility index (Phi) is 120. The zero-order valence-electron chi connectivity index (χ0n) is 1.43. The molecule has 4 heteroatoms. The molecule has 0 amide bonds. The van der Waals surface area contributed by atoms with Crippen LogP contribution in [0.15, 0.2) is 0 Å². The van der Waals surface area contributed by atoms with Gasteiger partial charge >= 0.3 is 0 Å². The molecule has 0 aliphatic carbocycles. The Labute approximate surface area is 88.1 Å². The van der Waals surface area contributed by atoms with E-state index in [9.17, 15) is 0 Å². The quantitative estimate of drug-likeness (QED) is 0.482. The van der Waals surface area contributed by atoms with Crippen molar-refractivity contribution >= 4 is 17.4 Å². The molecule has 0 saturated carbocycles. The topological polar surface area (TPSA) is 0 Å². The molecule has 0 nitrogen and oxygen atoms in total. The number of hydrogen-bond donors (Lipinski definition) is 0. The molecule has 4 heavy (non-hydrogen) atoms. The summed E-state index contributed by atoms with van der Waals surface area (Å²) in [4.78, 5) is 0. The molecule has 0 rings (SSSR count). The van der Waals surface area contributed by atoms with Gasteiger partial charge in [0, 0.05) is 72.5 Å². The second-order valence-electron chi connectivity index (χ2n) is 0. The molecule has 2 radical (unpaired) electrons. The summed E-state index contributed by atoms with van der Waals surface area (Å²) in [6.07, 6.45) is 0. The average molecular weight is 264 g/mol. The van der Waals surface area contributed by atoms with E-state index in [0.29, 0.717) is 0 Å². The van der Waals surface area contributed by atoms with Crippen molar-refractivity contribution in [3.05, 3.63) is 0 Å². The summed E-state index contributed by atoms with van der Waals surface area (Å²) in [7, 11) is 0. The fourth-order valence-corrected chi connectivity index (χ4v) is 0. The first-order valence-electron chi connectivity index (χ1n) is 0. The van der Waals surface area contributed by atoms with Crippen molar-refractivity contribution in [2.45, 2.75) is 0 Å². The van der Waals surface area contributed by atoms with E-state index in [4.69, 9.17) is 0 Å². The van der Waals surface area contributed by atoms with E-state index in [2.05, 4.69) is 0 Å². The average Bonchev–Trinajstić information content (AvgIpc) is 0. The Hall–Kier alpha value is 2.91. The van der Waals surface area contributed by atoms with Crippen LogP contribution in [0, 0.1) is 0 Å². The standard InChI is InChI=1S/Al.Cr.Nb.Y.3H. The Morgan fingerprint density at radius 1 is 1.00 bits per heavy atom. The third-order valence-electron chi connectivity index (χ3n) is 0. The SMILES string of the molecule is [AlH3].[Cr].[Nb].[Y]. The number of rotatable bonds is 0. The van der Waals surface area contributed by atoms with Crippen LogP contribution in [0.4, 0.5) is 0 Å². The van der Waals surface area contributed by atoms with Crippen LogP contribution >= 0.6 is 0 Å². The van der Waals surface area contributed by atoms with E-state index in [1.807, 2.05) is 0 Å². The van der Waals surface area contributed by atoms with E-state index >= 15 is 0 Å². The van der Waals surface area contributed by atoms with Gasteiger partial charge in [-0.3, -0.25) is 0 Å². The molecule has 0 aliphatic heterocycles. The molecular formula is H3AlCrNbY.